The van der Waals surface area contributed by atoms with Gasteiger partial charge in [-0.25, -0.2) is 4.39 Å². The van der Waals surface area contributed by atoms with Crippen LogP contribution in [0.2, 0.25) is 0 Å². The summed E-state index contributed by atoms with van der Waals surface area (Å²) < 4.78 is 12.5. The standard InChI is InChI=1S/C10H12FNO2/c11-8-3-1-7(2-4-8)5-9(12)6-10(13)14/h1-4,9H,5-6,12H2,(H,13,14)/t9-/m0/s1. The van der Waals surface area contributed by atoms with E-state index in [-0.39, 0.29) is 12.2 Å². The maximum absolute atomic E-state index is 12.5. The van der Waals surface area contributed by atoms with Crippen molar-refractivity contribution in [1.82, 2.24) is 0 Å². The monoisotopic (exact) mass is 197 g/mol. The highest BCUT2D eigenvalue weighted by Crippen LogP contribution is 2.06. The summed E-state index contributed by atoms with van der Waals surface area (Å²) in [5.41, 5.74) is 6.42. The van der Waals surface area contributed by atoms with Crippen LogP contribution in [0.15, 0.2) is 24.3 Å². The lowest BCUT2D eigenvalue weighted by Crippen LogP contribution is -2.26. The van der Waals surface area contributed by atoms with Crippen molar-refractivity contribution in [3.05, 3.63) is 35.6 Å². The first-order valence-corrected chi connectivity index (χ1v) is 4.30. The van der Waals surface area contributed by atoms with Crippen molar-refractivity contribution in [2.45, 2.75) is 18.9 Å². The normalized spacial score (nSPS) is 12.4. The van der Waals surface area contributed by atoms with Crippen LogP contribution < -0.4 is 5.73 Å². The zero-order valence-electron chi connectivity index (χ0n) is 7.61. The van der Waals surface area contributed by atoms with Gasteiger partial charge >= 0.3 is 5.97 Å². The maximum Gasteiger partial charge on any atom is 0.304 e. The molecule has 0 aliphatic rings. The van der Waals surface area contributed by atoms with Crippen LogP contribution in [0.25, 0.3) is 0 Å². The number of nitrogens with two attached hydrogens (primary N) is 1. The number of rotatable bonds is 4. The second kappa shape index (κ2) is 4.72. The van der Waals surface area contributed by atoms with Gasteiger partial charge in [0.2, 0.25) is 0 Å². The Morgan fingerprint density at radius 1 is 1.43 bits per heavy atom. The van der Waals surface area contributed by atoms with Crippen molar-refractivity contribution in [3.8, 4) is 0 Å². The van der Waals surface area contributed by atoms with E-state index in [1.807, 2.05) is 0 Å². The van der Waals surface area contributed by atoms with E-state index in [0.29, 0.717) is 6.42 Å². The number of hydrogen-bond acceptors (Lipinski definition) is 2. The number of carbonyl (C=O) groups is 1. The molecule has 0 aromatic heterocycles. The fraction of sp³-hybridized carbons (Fsp3) is 0.300. The third-order valence-corrected chi connectivity index (χ3v) is 1.85. The molecule has 0 saturated heterocycles. The predicted molar refractivity (Wildman–Crippen MR) is 50.3 cm³/mol. The van der Waals surface area contributed by atoms with Crippen molar-refractivity contribution >= 4 is 5.97 Å². The molecule has 0 heterocycles. The summed E-state index contributed by atoms with van der Waals surface area (Å²) in [6.45, 7) is 0. The molecule has 0 amide bonds. The van der Waals surface area contributed by atoms with Gasteiger partial charge in [0.05, 0.1) is 6.42 Å². The highest BCUT2D eigenvalue weighted by molar-refractivity contribution is 5.67. The molecular weight excluding hydrogens is 185 g/mol. The molecule has 0 bridgehead atoms. The molecule has 1 atom stereocenters. The number of hydrogen-bond donors (Lipinski definition) is 2. The average Bonchev–Trinajstić information content (AvgIpc) is 2.07. The quantitative estimate of drug-likeness (QED) is 0.761. The molecule has 1 rings (SSSR count). The van der Waals surface area contributed by atoms with E-state index >= 15 is 0 Å². The smallest absolute Gasteiger partial charge is 0.304 e. The Hall–Kier alpha value is -1.42. The molecule has 1 aromatic carbocycles. The molecule has 76 valence electrons. The third-order valence-electron chi connectivity index (χ3n) is 1.85. The Bertz CT molecular complexity index is 310. The molecule has 0 spiro atoms. The molecule has 0 aliphatic carbocycles. The van der Waals surface area contributed by atoms with Gasteiger partial charge in [0, 0.05) is 6.04 Å². The van der Waals surface area contributed by atoms with E-state index in [1.165, 1.54) is 12.1 Å². The fourth-order valence-electron chi connectivity index (χ4n) is 1.22. The Labute approximate surface area is 81.4 Å². The van der Waals surface area contributed by atoms with Crippen LogP contribution in [0.4, 0.5) is 4.39 Å². The summed E-state index contributed by atoms with van der Waals surface area (Å²) >= 11 is 0. The van der Waals surface area contributed by atoms with Crippen LogP contribution in [-0.4, -0.2) is 17.1 Å². The number of carboxylic acids is 1. The van der Waals surface area contributed by atoms with Crippen LogP contribution in [0.1, 0.15) is 12.0 Å². The van der Waals surface area contributed by atoms with Crippen LogP contribution in [0, 0.1) is 5.82 Å². The van der Waals surface area contributed by atoms with Crippen LogP contribution in [-0.2, 0) is 11.2 Å². The van der Waals surface area contributed by atoms with E-state index in [2.05, 4.69) is 0 Å². The first-order valence-electron chi connectivity index (χ1n) is 4.30. The zero-order valence-corrected chi connectivity index (χ0v) is 7.61. The summed E-state index contributed by atoms with van der Waals surface area (Å²) in [5, 5.41) is 8.47. The van der Waals surface area contributed by atoms with Gasteiger partial charge in [-0.3, -0.25) is 4.79 Å². The minimum absolute atomic E-state index is 0.0720. The van der Waals surface area contributed by atoms with Crippen molar-refractivity contribution in [1.29, 1.82) is 0 Å². The molecule has 3 nitrogen and oxygen atoms in total. The molecular formula is C10H12FNO2. The van der Waals surface area contributed by atoms with Gasteiger partial charge in [-0.1, -0.05) is 12.1 Å². The molecule has 1 aromatic rings. The van der Waals surface area contributed by atoms with Gasteiger partial charge in [0.25, 0.3) is 0 Å². The lowest BCUT2D eigenvalue weighted by molar-refractivity contribution is -0.137. The fourth-order valence-corrected chi connectivity index (χ4v) is 1.22. The third kappa shape index (κ3) is 3.53. The van der Waals surface area contributed by atoms with Crippen molar-refractivity contribution in [2.75, 3.05) is 0 Å². The van der Waals surface area contributed by atoms with E-state index in [9.17, 15) is 9.18 Å². The predicted octanol–water partition coefficient (Wildman–Crippen LogP) is 1.17. The number of halogens is 1. The number of carboxylic acid groups (broad SMARTS) is 1. The molecule has 14 heavy (non-hydrogen) atoms. The summed E-state index contributed by atoms with van der Waals surface area (Å²) in [5.74, 6) is -1.22. The van der Waals surface area contributed by atoms with Gasteiger partial charge in [-0.15, -0.1) is 0 Å². The maximum atomic E-state index is 12.5. The Kier molecular flexibility index (Phi) is 3.59. The minimum atomic E-state index is -0.917. The lowest BCUT2D eigenvalue weighted by atomic mass is 10.0. The number of benzene rings is 1. The van der Waals surface area contributed by atoms with Crippen molar-refractivity contribution < 1.29 is 14.3 Å². The largest absolute Gasteiger partial charge is 0.481 e. The van der Waals surface area contributed by atoms with Crippen LogP contribution >= 0.6 is 0 Å². The van der Waals surface area contributed by atoms with Crippen molar-refractivity contribution in [2.24, 2.45) is 5.73 Å². The lowest BCUT2D eigenvalue weighted by Gasteiger charge is -2.08. The molecule has 4 heteroatoms. The molecule has 0 unspecified atom stereocenters. The van der Waals surface area contributed by atoms with Gasteiger partial charge in [-0.2, -0.15) is 0 Å². The summed E-state index contributed by atoms with van der Waals surface area (Å²) in [4.78, 5) is 10.3. The average molecular weight is 197 g/mol. The second-order valence-corrected chi connectivity index (χ2v) is 3.19. The molecule has 0 fully saturated rings. The summed E-state index contributed by atoms with van der Waals surface area (Å²) in [7, 11) is 0. The minimum Gasteiger partial charge on any atom is -0.481 e. The molecule has 0 aliphatic heterocycles. The van der Waals surface area contributed by atoms with Gasteiger partial charge in [-0.05, 0) is 24.1 Å². The van der Waals surface area contributed by atoms with E-state index in [0.717, 1.165) is 5.56 Å². The SMILES string of the molecule is N[C@H](CC(=O)O)Cc1ccc(F)cc1. The molecule has 0 saturated carbocycles. The van der Waals surface area contributed by atoms with Gasteiger partial charge in [0.1, 0.15) is 5.82 Å². The molecule has 0 radical (unpaired) electrons. The Morgan fingerprint density at radius 2 is 2.00 bits per heavy atom. The van der Waals surface area contributed by atoms with Gasteiger partial charge in [0.15, 0.2) is 0 Å². The highest BCUT2D eigenvalue weighted by Gasteiger charge is 2.08. The Morgan fingerprint density at radius 3 is 2.50 bits per heavy atom. The summed E-state index contributed by atoms with van der Waals surface area (Å²) in [6.07, 6.45) is 0.379. The Balaban J connectivity index is 2.51. The van der Waals surface area contributed by atoms with Crippen LogP contribution in [0.5, 0.6) is 0 Å². The van der Waals surface area contributed by atoms with E-state index < -0.39 is 12.0 Å². The first-order chi connectivity index (χ1) is 6.58. The van der Waals surface area contributed by atoms with Gasteiger partial charge < -0.3 is 10.8 Å². The highest BCUT2D eigenvalue weighted by atomic mass is 19.1. The summed E-state index contributed by atoms with van der Waals surface area (Å²) in [6, 6.07) is 5.47. The first kappa shape index (κ1) is 10.7. The van der Waals surface area contributed by atoms with E-state index in [1.54, 1.807) is 12.1 Å². The second-order valence-electron chi connectivity index (χ2n) is 3.19. The van der Waals surface area contributed by atoms with Crippen molar-refractivity contribution in [3.63, 3.8) is 0 Å². The zero-order chi connectivity index (χ0) is 10.6. The molecule has 3 N–H and O–H groups in total. The topological polar surface area (TPSA) is 63.3 Å². The number of aliphatic carboxylic acids is 1. The van der Waals surface area contributed by atoms with Crippen LogP contribution in [0.3, 0.4) is 0 Å². The van der Waals surface area contributed by atoms with E-state index in [4.69, 9.17) is 10.8 Å².